The Hall–Kier alpha value is -8.61. The van der Waals surface area contributed by atoms with Gasteiger partial charge in [0.25, 0.3) is 0 Å². The zero-order valence-corrected chi connectivity index (χ0v) is 58.9. The number of amides is 7. The molecule has 1 saturated carbocycles. The normalized spacial score (nSPS) is 18.0. The Bertz CT molecular complexity index is 3370. The van der Waals surface area contributed by atoms with E-state index >= 15 is 0 Å². The number of aromatic amines is 1. The number of rotatable bonds is 44. The van der Waals surface area contributed by atoms with E-state index in [9.17, 15) is 77.6 Å². The maximum absolute atomic E-state index is 14.8. The number of hydrogen-bond donors (Lipinski definition) is 16. The molecule has 0 saturated heterocycles. The maximum atomic E-state index is 14.8. The first-order valence-electron chi connectivity index (χ1n) is 35.4. The molecule has 2 heterocycles. The fraction of sp³-hybridized carbons (Fsp3) is 0.597. The van der Waals surface area contributed by atoms with Crippen molar-refractivity contribution in [1.29, 1.82) is 0 Å². The number of aryl methyl sites for hydroxylation is 1. The molecular weight excluding hydrogens is 1300 g/mol. The molecule has 2 aliphatic rings. The van der Waals surface area contributed by atoms with E-state index in [0.717, 1.165) is 43.0 Å². The highest BCUT2D eigenvalue weighted by Gasteiger charge is 2.41. The molecule has 7 amide bonds. The van der Waals surface area contributed by atoms with Crippen LogP contribution in [-0.4, -0.2) is 189 Å². The smallest absolute Gasteiger partial charge is 0.303 e. The first-order chi connectivity index (χ1) is 48.1. The Labute approximate surface area is 590 Å². The minimum absolute atomic E-state index is 0.0146. The Morgan fingerprint density at radius 2 is 1.45 bits per heavy atom. The van der Waals surface area contributed by atoms with Crippen molar-refractivity contribution in [2.45, 2.75) is 236 Å². The molecule has 2 bridgehead atoms. The standard InChI is InChI=1S/C72H107N13O16/c1-6-7-8-9-10-16-31-72(5,71(101)84-57(41-86)63(92)40-76-43(2)58(87)30-32-75-45(4)62(91)38-73)85-70(100)56(34-46-18-17-19-46)83-67(97)52(25-28-64(74)93)79-42-78-44(3)60(89)37-61(90)54(36-49-39-77-51-22-15-14-21-50(49)51)81-69(99)55-35-47-24-27-59(88)48(33-47)20-12-11-13-23-65(94)80-53(68(98)82-55)26-29-66(95)96/h8-9,14-15,21-22,24,27,33,39,43-46,52-57,75-79,86,88H,6-7,10-13,16-20,23,25-26,28-32,34-38,40-42,73H2,1-5H3,(H2,74,93)(H,80,94)(H,81,99)(H,82,98)(H,83,97)(H,84,101)(H,85,100)(H,95,96)/b9-8+/t43-,44-,45-,52-,53-,54-,55-,56-,57-,72-/m0/s1. The van der Waals surface area contributed by atoms with Gasteiger partial charge in [0, 0.05) is 68.8 Å². The lowest BCUT2D eigenvalue weighted by molar-refractivity contribution is -0.138. The molecule has 0 unspecified atom stereocenters. The summed E-state index contributed by atoms with van der Waals surface area (Å²) in [5.41, 5.74) is 11.7. The fourth-order valence-electron chi connectivity index (χ4n) is 11.9. The Morgan fingerprint density at radius 3 is 2.14 bits per heavy atom. The number of benzene rings is 2. The van der Waals surface area contributed by atoms with Gasteiger partial charge in [-0.25, -0.2) is 0 Å². The van der Waals surface area contributed by atoms with Crippen molar-refractivity contribution in [3.63, 3.8) is 0 Å². The number of nitrogens with one attached hydrogen (secondary N) is 11. The van der Waals surface area contributed by atoms with E-state index < -0.39 is 151 Å². The van der Waals surface area contributed by atoms with E-state index in [0.29, 0.717) is 55.2 Å². The summed E-state index contributed by atoms with van der Waals surface area (Å²) in [7, 11) is 0. The third kappa shape index (κ3) is 28.0. The van der Waals surface area contributed by atoms with Crippen molar-refractivity contribution in [2.24, 2.45) is 17.4 Å². The molecule has 29 nitrogen and oxygen atoms in total. The Balaban J connectivity index is 1.31. The molecule has 5 rings (SSSR count). The number of nitrogens with two attached hydrogens (primary N) is 2. The van der Waals surface area contributed by atoms with E-state index in [2.05, 4.69) is 58.2 Å². The Kier molecular flexibility index (Phi) is 35.0. The number of aliphatic hydroxyl groups is 1. The summed E-state index contributed by atoms with van der Waals surface area (Å²) < 4.78 is 0. The average molecular weight is 1410 g/mol. The Morgan fingerprint density at radius 1 is 0.733 bits per heavy atom. The van der Waals surface area contributed by atoms with Crippen molar-refractivity contribution in [3.05, 3.63) is 77.5 Å². The highest BCUT2D eigenvalue weighted by molar-refractivity contribution is 6.05. The van der Waals surface area contributed by atoms with E-state index in [1.165, 1.54) is 19.9 Å². The van der Waals surface area contributed by atoms with E-state index in [-0.39, 0.29) is 101 Å². The molecule has 18 N–H and O–H groups in total. The van der Waals surface area contributed by atoms with Gasteiger partial charge in [0.15, 0.2) is 28.9 Å². The van der Waals surface area contributed by atoms with Crippen LogP contribution in [0.25, 0.3) is 10.9 Å². The number of allylic oxidation sites excluding steroid dienone is 2. The van der Waals surface area contributed by atoms with Crippen LogP contribution in [0.1, 0.15) is 173 Å². The minimum atomic E-state index is -1.71. The van der Waals surface area contributed by atoms with Crippen LogP contribution in [0.3, 0.4) is 0 Å². The number of carboxylic acids is 1. The number of aromatic nitrogens is 1. The second kappa shape index (κ2) is 42.6. The summed E-state index contributed by atoms with van der Waals surface area (Å²) in [6.45, 7) is 6.71. The van der Waals surface area contributed by atoms with Gasteiger partial charge < -0.3 is 74.3 Å². The van der Waals surface area contributed by atoms with Crippen molar-refractivity contribution in [2.75, 3.05) is 32.9 Å². The van der Waals surface area contributed by atoms with Crippen molar-refractivity contribution in [3.8, 4) is 5.75 Å². The number of H-pyrrole nitrogens is 1. The summed E-state index contributed by atoms with van der Waals surface area (Å²) in [6, 6.07) is 1.49. The average Bonchev–Trinajstić information content (AvgIpc) is 1.77. The number of aliphatic carboxylic acids is 1. The molecule has 1 aliphatic heterocycles. The largest absolute Gasteiger partial charge is 0.508 e. The van der Waals surface area contributed by atoms with Crippen LogP contribution < -0.4 is 64.6 Å². The molecular formula is C72H107N13O16. The van der Waals surface area contributed by atoms with Gasteiger partial charge in [-0.15, -0.1) is 0 Å². The number of carboxylic acid groups (broad SMARTS) is 1. The number of unbranched alkanes of at least 4 members (excludes halogenated alkanes) is 2. The fourth-order valence-corrected chi connectivity index (χ4v) is 11.9. The molecule has 2 aromatic carbocycles. The molecule has 3 aromatic rings. The van der Waals surface area contributed by atoms with Crippen LogP contribution in [0.5, 0.6) is 5.75 Å². The lowest BCUT2D eigenvalue weighted by Gasteiger charge is -2.35. The summed E-state index contributed by atoms with van der Waals surface area (Å²) in [4.78, 5) is 180. The first-order valence-corrected chi connectivity index (χ1v) is 35.4. The summed E-state index contributed by atoms with van der Waals surface area (Å²) in [5, 5.41) is 59.6. The molecule has 101 heavy (non-hydrogen) atoms. The van der Waals surface area contributed by atoms with Crippen LogP contribution >= 0.6 is 0 Å². The van der Waals surface area contributed by atoms with Crippen molar-refractivity contribution >= 4 is 87.1 Å². The molecule has 0 radical (unpaired) electrons. The van der Waals surface area contributed by atoms with Crippen LogP contribution in [0, 0.1) is 5.92 Å². The lowest BCUT2D eigenvalue weighted by atomic mass is 9.80. The SMILES string of the molecule is CCC/C=C/CCC[C@](C)(NC(=O)[C@H](CC1CCC1)NC(=O)[C@H](CCC(N)=O)NCN[C@@H](C)C(=O)CC(=O)[C@H](Cc1c[nH]c2ccccc12)NC(=O)[C@@H]1Cc2ccc(O)c(c2)CCCCCC(=O)N[C@@H](CCC(=O)O)C(=O)N1)C(=O)N[C@@H](CO)C(=O)CN[C@@H](C)C(=O)CCN[C@@H](C)C(=O)CN. The maximum Gasteiger partial charge on any atom is 0.303 e. The van der Waals surface area contributed by atoms with E-state index in [4.69, 9.17) is 11.5 Å². The molecule has 0 spiro atoms. The van der Waals surface area contributed by atoms with Crippen molar-refractivity contribution in [1.82, 2.24) is 58.2 Å². The number of fused-ring (bicyclic) bond motifs is 3. The topological polar surface area (TPSA) is 471 Å². The van der Waals surface area contributed by atoms with Gasteiger partial charge in [-0.2, -0.15) is 0 Å². The quantitative estimate of drug-likeness (QED) is 0.0164. The van der Waals surface area contributed by atoms with Gasteiger partial charge in [0.05, 0.1) is 56.3 Å². The zero-order chi connectivity index (χ0) is 74.2. The third-order valence-corrected chi connectivity index (χ3v) is 18.7. The second-order valence-electron chi connectivity index (χ2n) is 26.8. The molecule has 10 atom stereocenters. The van der Waals surface area contributed by atoms with Crippen LogP contribution in [0.15, 0.2) is 60.8 Å². The number of hydrogen-bond acceptors (Lipinski definition) is 20. The van der Waals surface area contributed by atoms with Crippen LogP contribution in [0.4, 0.5) is 0 Å². The first kappa shape index (κ1) is 83.1. The number of phenols is 1. The second-order valence-corrected chi connectivity index (χ2v) is 26.8. The molecule has 1 aliphatic carbocycles. The van der Waals surface area contributed by atoms with Crippen LogP contribution in [-0.2, 0) is 81.6 Å². The number of ketones is 5. The summed E-state index contributed by atoms with van der Waals surface area (Å²) in [5.74, 6) is -8.86. The predicted molar refractivity (Wildman–Crippen MR) is 377 cm³/mol. The molecule has 1 fully saturated rings. The lowest BCUT2D eigenvalue weighted by Crippen LogP contribution is -2.64. The number of phenolic OH excluding ortho intramolecular Hbond substituents is 1. The van der Waals surface area contributed by atoms with E-state index in [1.807, 2.05) is 37.3 Å². The number of aromatic hydroxyl groups is 1. The summed E-state index contributed by atoms with van der Waals surface area (Å²) >= 11 is 0. The highest BCUT2D eigenvalue weighted by Crippen LogP contribution is 2.31. The number of aliphatic hydroxyl groups excluding tert-OH is 1. The van der Waals surface area contributed by atoms with Crippen LogP contribution in [0.2, 0.25) is 0 Å². The monoisotopic (exact) mass is 1410 g/mol. The van der Waals surface area contributed by atoms with Gasteiger partial charge in [0.2, 0.25) is 41.4 Å². The third-order valence-electron chi connectivity index (χ3n) is 18.7. The number of carbonyl (C=O) groups excluding carboxylic acids is 12. The molecule has 1 aromatic heterocycles. The highest BCUT2D eigenvalue weighted by atomic mass is 16.4. The van der Waals surface area contributed by atoms with Gasteiger partial charge >= 0.3 is 5.97 Å². The number of carbonyl (C=O) groups is 13. The molecule has 556 valence electrons. The van der Waals surface area contributed by atoms with Gasteiger partial charge in [-0.05, 0) is 127 Å². The van der Waals surface area contributed by atoms with Crippen molar-refractivity contribution < 1.29 is 77.6 Å². The number of para-hydroxylation sites is 1. The number of Topliss-reactive ketones (excluding diaryl/α,β-unsaturated/α-hetero) is 5. The number of primary amides is 1. The predicted octanol–water partition coefficient (Wildman–Crippen LogP) is 1.35. The minimum Gasteiger partial charge on any atom is -0.508 e. The van der Waals surface area contributed by atoms with Gasteiger partial charge in [-0.1, -0.05) is 81.5 Å². The van der Waals surface area contributed by atoms with Gasteiger partial charge in [-0.3, -0.25) is 73.0 Å². The zero-order valence-electron chi connectivity index (χ0n) is 58.9. The summed E-state index contributed by atoms with van der Waals surface area (Å²) in [6.07, 6.45) is 10.9. The van der Waals surface area contributed by atoms with E-state index in [1.54, 1.807) is 38.2 Å². The van der Waals surface area contributed by atoms with Gasteiger partial charge in [0.1, 0.15) is 35.5 Å². The molecule has 29 heteroatoms.